The fourth-order valence-electron chi connectivity index (χ4n) is 2.84. The van der Waals surface area contributed by atoms with Crippen LogP contribution in [-0.4, -0.2) is 26.3 Å². The maximum Gasteiger partial charge on any atom is 0.0517 e. The lowest BCUT2D eigenvalue weighted by atomic mass is 9.75. The summed E-state index contributed by atoms with van der Waals surface area (Å²) in [5, 5.41) is 3.57. The molecule has 2 heteroatoms. The van der Waals surface area contributed by atoms with Gasteiger partial charge in [-0.15, -0.1) is 0 Å². The molecule has 2 unspecified atom stereocenters. The van der Waals surface area contributed by atoms with Gasteiger partial charge in [-0.25, -0.2) is 0 Å². The zero-order valence-corrected chi connectivity index (χ0v) is 8.59. The van der Waals surface area contributed by atoms with E-state index in [9.17, 15) is 0 Å². The second kappa shape index (κ2) is 4.43. The van der Waals surface area contributed by atoms with E-state index in [1.807, 2.05) is 7.11 Å². The monoisotopic (exact) mass is 183 g/mol. The summed E-state index contributed by atoms with van der Waals surface area (Å²) in [6.45, 7) is 2.13. The fraction of sp³-hybridized carbons (Fsp3) is 1.00. The Morgan fingerprint density at radius 1 is 1.23 bits per heavy atom. The summed E-state index contributed by atoms with van der Waals surface area (Å²) < 4.78 is 5.23. The highest BCUT2D eigenvalue weighted by Gasteiger charge is 2.36. The van der Waals surface area contributed by atoms with Crippen molar-refractivity contribution in [3.05, 3.63) is 0 Å². The molecule has 0 amide bonds. The number of rotatable bonds is 3. The van der Waals surface area contributed by atoms with E-state index in [1.165, 1.54) is 38.6 Å². The molecule has 0 aromatic rings. The van der Waals surface area contributed by atoms with Crippen molar-refractivity contribution in [2.24, 2.45) is 11.8 Å². The third-order valence-electron chi connectivity index (χ3n) is 3.66. The lowest BCUT2D eigenvalue weighted by molar-refractivity contribution is 0.0522. The first kappa shape index (κ1) is 9.47. The molecule has 2 rings (SSSR count). The standard InChI is InChI=1S/C11H21NO/c1-13-8-10-7-12-11(10)9-5-3-2-4-6-9/h9-12H,2-8H2,1H3. The Kier molecular flexibility index (Phi) is 3.23. The first-order chi connectivity index (χ1) is 6.42. The second-order valence-electron chi connectivity index (χ2n) is 4.55. The van der Waals surface area contributed by atoms with Crippen molar-refractivity contribution in [2.75, 3.05) is 20.3 Å². The van der Waals surface area contributed by atoms with Crippen LogP contribution in [0.3, 0.4) is 0 Å². The van der Waals surface area contributed by atoms with Gasteiger partial charge in [-0.05, 0) is 18.8 Å². The Hall–Kier alpha value is -0.0800. The predicted octanol–water partition coefficient (Wildman–Crippen LogP) is 1.80. The third-order valence-corrected chi connectivity index (χ3v) is 3.66. The van der Waals surface area contributed by atoms with Gasteiger partial charge < -0.3 is 10.1 Å². The number of hydrogen-bond acceptors (Lipinski definition) is 2. The summed E-state index contributed by atoms with van der Waals surface area (Å²) in [5.74, 6) is 1.75. The van der Waals surface area contributed by atoms with Gasteiger partial charge in [-0.1, -0.05) is 19.3 Å². The van der Waals surface area contributed by atoms with E-state index < -0.39 is 0 Å². The number of methoxy groups -OCH3 is 1. The van der Waals surface area contributed by atoms with E-state index in [0.717, 1.165) is 24.5 Å². The van der Waals surface area contributed by atoms with E-state index in [1.54, 1.807) is 0 Å². The van der Waals surface area contributed by atoms with Crippen molar-refractivity contribution in [3.63, 3.8) is 0 Å². The van der Waals surface area contributed by atoms with E-state index in [2.05, 4.69) is 5.32 Å². The first-order valence-corrected chi connectivity index (χ1v) is 5.64. The molecular formula is C11H21NO. The molecule has 2 aliphatic rings. The van der Waals surface area contributed by atoms with E-state index in [-0.39, 0.29) is 0 Å². The van der Waals surface area contributed by atoms with Crippen LogP contribution < -0.4 is 5.32 Å². The van der Waals surface area contributed by atoms with Crippen LogP contribution in [0.4, 0.5) is 0 Å². The molecule has 0 aromatic heterocycles. The quantitative estimate of drug-likeness (QED) is 0.720. The van der Waals surface area contributed by atoms with Gasteiger partial charge in [0.25, 0.3) is 0 Å². The average Bonchev–Trinajstić information content (AvgIpc) is 2.14. The Morgan fingerprint density at radius 2 is 2.00 bits per heavy atom. The van der Waals surface area contributed by atoms with Crippen LogP contribution in [-0.2, 0) is 4.74 Å². The van der Waals surface area contributed by atoms with E-state index >= 15 is 0 Å². The predicted molar refractivity (Wildman–Crippen MR) is 53.7 cm³/mol. The summed E-state index contributed by atoms with van der Waals surface area (Å²) in [6.07, 6.45) is 7.24. The summed E-state index contributed by atoms with van der Waals surface area (Å²) in [6, 6.07) is 0.778. The van der Waals surface area contributed by atoms with Crippen molar-refractivity contribution in [3.8, 4) is 0 Å². The first-order valence-electron chi connectivity index (χ1n) is 5.64. The fourth-order valence-corrected chi connectivity index (χ4v) is 2.84. The topological polar surface area (TPSA) is 21.3 Å². The summed E-state index contributed by atoms with van der Waals surface area (Å²) in [5.41, 5.74) is 0. The van der Waals surface area contributed by atoms with Crippen LogP contribution in [0.5, 0.6) is 0 Å². The molecule has 0 bridgehead atoms. The molecule has 2 atom stereocenters. The Labute approximate surface area is 81.0 Å². The Bertz CT molecular complexity index is 154. The molecule has 1 saturated heterocycles. The summed E-state index contributed by atoms with van der Waals surface area (Å²) in [4.78, 5) is 0. The van der Waals surface area contributed by atoms with Gasteiger partial charge in [0.05, 0.1) is 6.61 Å². The minimum Gasteiger partial charge on any atom is -0.384 e. The molecule has 0 spiro atoms. The van der Waals surface area contributed by atoms with Crippen LogP contribution in [0, 0.1) is 11.8 Å². The van der Waals surface area contributed by atoms with Gasteiger partial charge in [-0.3, -0.25) is 0 Å². The molecule has 1 N–H and O–H groups in total. The van der Waals surface area contributed by atoms with Gasteiger partial charge in [0.15, 0.2) is 0 Å². The molecule has 0 aromatic carbocycles. The minimum absolute atomic E-state index is 0.778. The Balaban J connectivity index is 1.78. The average molecular weight is 183 g/mol. The second-order valence-corrected chi connectivity index (χ2v) is 4.55. The van der Waals surface area contributed by atoms with E-state index in [0.29, 0.717) is 0 Å². The Morgan fingerprint density at radius 3 is 2.54 bits per heavy atom. The van der Waals surface area contributed by atoms with Crippen LogP contribution in [0.25, 0.3) is 0 Å². The number of ether oxygens (including phenoxy) is 1. The lowest BCUT2D eigenvalue weighted by Gasteiger charge is -2.44. The molecule has 0 radical (unpaired) electrons. The minimum atomic E-state index is 0.778. The molecule has 2 nitrogen and oxygen atoms in total. The van der Waals surface area contributed by atoms with Gasteiger partial charge in [0, 0.05) is 25.6 Å². The number of nitrogens with one attached hydrogen (secondary N) is 1. The summed E-state index contributed by atoms with van der Waals surface area (Å²) in [7, 11) is 1.82. The SMILES string of the molecule is COCC1CNC1C1CCCCC1. The van der Waals surface area contributed by atoms with Gasteiger partial charge in [-0.2, -0.15) is 0 Å². The van der Waals surface area contributed by atoms with Crippen LogP contribution in [0.15, 0.2) is 0 Å². The third kappa shape index (κ3) is 2.05. The van der Waals surface area contributed by atoms with Crippen LogP contribution in [0.1, 0.15) is 32.1 Å². The molecule has 1 saturated carbocycles. The smallest absolute Gasteiger partial charge is 0.0517 e. The highest BCUT2D eigenvalue weighted by molar-refractivity contribution is 4.93. The van der Waals surface area contributed by atoms with Crippen molar-refractivity contribution < 1.29 is 4.74 Å². The van der Waals surface area contributed by atoms with Crippen molar-refractivity contribution in [2.45, 2.75) is 38.1 Å². The zero-order valence-electron chi connectivity index (χ0n) is 8.59. The molecule has 13 heavy (non-hydrogen) atoms. The summed E-state index contributed by atoms with van der Waals surface area (Å²) >= 11 is 0. The molecule has 76 valence electrons. The molecular weight excluding hydrogens is 162 g/mol. The lowest BCUT2D eigenvalue weighted by Crippen LogP contribution is -2.58. The van der Waals surface area contributed by atoms with Crippen molar-refractivity contribution >= 4 is 0 Å². The molecule has 1 aliphatic carbocycles. The van der Waals surface area contributed by atoms with Gasteiger partial charge >= 0.3 is 0 Å². The normalized spacial score (nSPS) is 35.8. The largest absolute Gasteiger partial charge is 0.384 e. The highest BCUT2D eigenvalue weighted by atomic mass is 16.5. The van der Waals surface area contributed by atoms with Crippen molar-refractivity contribution in [1.82, 2.24) is 5.32 Å². The highest BCUT2D eigenvalue weighted by Crippen LogP contribution is 2.32. The molecule has 1 heterocycles. The van der Waals surface area contributed by atoms with E-state index in [4.69, 9.17) is 4.74 Å². The van der Waals surface area contributed by atoms with Crippen LogP contribution >= 0.6 is 0 Å². The maximum atomic E-state index is 5.23. The molecule has 1 aliphatic heterocycles. The number of hydrogen-bond donors (Lipinski definition) is 1. The van der Waals surface area contributed by atoms with Gasteiger partial charge in [0.1, 0.15) is 0 Å². The zero-order chi connectivity index (χ0) is 9.10. The maximum absolute atomic E-state index is 5.23. The molecule has 2 fully saturated rings. The van der Waals surface area contributed by atoms with Gasteiger partial charge in [0.2, 0.25) is 0 Å². The van der Waals surface area contributed by atoms with Crippen molar-refractivity contribution in [1.29, 1.82) is 0 Å². The van der Waals surface area contributed by atoms with Crippen LogP contribution in [0.2, 0.25) is 0 Å².